The maximum Gasteiger partial charge on any atom is 0.243 e. The third-order valence-electron chi connectivity index (χ3n) is 4.27. The molecule has 4 heteroatoms. The molecule has 1 aromatic carbocycles. The minimum atomic E-state index is -0.151. The number of rotatable bonds is 5. The quantitative estimate of drug-likeness (QED) is 0.918. The number of hydrogen-bond donors (Lipinski definition) is 1. The topological polar surface area (TPSA) is 43.3 Å². The molecule has 0 saturated heterocycles. The van der Waals surface area contributed by atoms with E-state index in [1.54, 1.807) is 0 Å². The molecule has 0 aliphatic carbocycles. The van der Waals surface area contributed by atoms with Crippen molar-refractivity contribution in [2.24, 2.45) is 0 Å². The third kappa shape index (κ3) is 3.41. The average Bonchev–Trinajstić information content (AvgIpc) is 3.11. The van der Waals surface area contributed by atoms with Gasteiger partial charge in [-0.3, -0.25) is 4.79 Å². The first-order valence-electron chi connectivity index (χ1n) is 8.19. The highest BCUT2D eigenvalue weighted by molar-refractivity contribution is 5.80. The zero-order valence-electron chi connectivity index (χ0n) is 14.0. The summed E-state index contributed by atoms with van der Waals surface area (Å²) >= 11 is 0. The number of aromatic nitrogens is 1. The van der Waals surface area contributed by atoms with Gasteiger partial charge in [-0.05, 0) is 49.6 Å². The van der Waals surface area contributed by atoms with Gasteiger partial charge in [0.05, 0.1) is 0 Å². The van der Waals surface area contributed by atoms with E-state index in [0.717, 1.165) is 24.2 Å². The SMILES string of the molecule is CCC(C(=O)NCc1ccc2c(c1)CC(C)(C)O2)n1cccc1. The first-order chi connectivity index (χ1) is 11.0. The monoisotopic (exact) mass is 312 g/mol. The van der Waals surface area contributed by atoms with Crippen molar-refractivity contribution in [3.63, 3.8) is 0 Å². The Labute approximate surface area is 137 Å². The lowest BCUT2D eigenvalue weighted by atomic mass is 10.0. The van der Waals surface area contributed by atoms with Gasteiger partial charge in [-0.1, -0.05) is 19.1 Å². The predicted octanol–water partition coefficient (Wildman–Crippen LogP) is 3.47. The lowest BCUT2D eigenvalue weighted by Gasteiger charge is -2.17. The Bertz CT molecular complexity index is 689. The molecule has 1 aromatic heterocycles. The van der Waals surface area contributed by atoms with E-state index in [2.05, 4.69) is 25.2 Å². The van der Waals surface area contributed by atoms with E-state index in [0.29, 0.717) is 6.54 Å². The number of hydrogen-bond acceptors (Lipinski definition) is 2. The van der Waals surface area contributed by atoms with Gasteiger partial charge in [-0.2, -0.15) is 0 Å². The van der Waals surface area contributed by atoms with Crippen molar-refractivity contribution >= 4 is 5.91 Å². The predicted molar refractivity (Wildman–Crippen MR) is 90.5 cm³/mol. The van der Waals surface area contributed by atoms with Crippen molar-refractivity contribution in [1.29, 1.82) is 0 Å². The van der Waals surface area contributed by atoms with Crippen molar-refractivity contribution in [2.45, 2.75) is 51.8 Å². The lowest BCUT2D eigenvalue weighted by Crippen LogP contribution is -2.31. The molecule has 1 atom stereocenters. The van der Waals surface area contributed by atoms with Crippen LogP contribution in [0.3, 0.4) is 0 Å². The number of benzene rings is 1. The molecule has 2 heterocycles. The molecule has 0 spiro atoms. The molecule has 0 radical (unpaired) electrons. The molecule has 1 aliphatic heterocycles. The molecule has 1 unspecified atom stereocenters. The van der Waals surface area contributed by atoms with Crippen LogP contribution < -0.4 is 10.1 Å². The van der Waals surface area contributed by atoms with Crippen LogP contribution in [0.2, 0.25) is 0 Å². The summed E-state index contributed by atoms with van der Waals surface area (Å²) in [5, 5.41) is 3.05. The van der Waals surface area contributed by atoms with Crippen LogP contribution in [0.25, 0.3) is 0 Å². The van der Waals surface area contributed by atoms with Gasteiger partial charge in [-0.15, -0.1) is 0 Å². The molecule has 122 valence electrons. The zero-order chi connectivity index (χ0) is 16.4. The number of carbonyl (C=O) groups excluding carboxylic acids is 1. The molecular weight excluding hydrogens is 288 g/mol. The minimum absolute atomic E-state index is 0.0563. The van der Waals surface area contributed by atoms with E-state index < -0.39 is 0 Å². The van der Waals surface area contributed by atoms with Crippen LogP contribution in [0.15, 0.2) is 42.7 Å². The van der Waals surface area contributed by atoms with Gasteiger partial charge in [0.2, 0.25) is 5.91 Å². The molecule has 4 nitrogen and oxygen atoms in total. The van der Waals surface area contributed by atoms with Crippen LogP contribution in [-0.4, -0.2) is 16.1 Å². The molecule has 0 saturated carbocycles. The second kappa shape index (κ2) is 6.11. The number of ether oxygens (including phenoxy) is 1. The molecule has 1 N–H and O–H groups in total. The zero-order valence-corrected chi connectivity index (χ0v) is 14.0. The largest absolute Gasteiger partial charge is 0.487 e. The second-order valence-electron chi connectivity index (χ2n) is 6.75. The first-order valence-corrected chi connectivity index (χ1v) is 8.19. The highest BCUT2D eigenvalue weighted by Crippen LogP contribution is 2.35. The van der Waals surface area contributed by atoms with Gasteiger partial charge < -0.3 is 14.6 Å². The van der Waals surface area contributed by atoms with Crippen molar-refractivity contribution in [2.75, 3.05) is 0 Å². The van der Waals surface area contributed by atoms with Crippen LogP contribution in [0.5, 0.6) is 5.75 Å². The lowest BCUT2D eigenvalue weighted by molar-refractivity contribution is -0.124. The van der Waals surface area contributed by atoms with Gasteiger partial charge in [0, 0.05) is 25.4 Å². The summed E-state index contributed by atoms with van der Waals surface area (Å²) in [6.45, 7) is 6.76. The molecule has 3 rings (SSSR count). The van der Waals surface area contributed by atoms with Gasteiger partial charge in [0.15, 0.2) is 0 Å². The van der Waals surface area contributed by atoms with Crippen molar-refractivity contribution in [3.05, 3.63) is 53.9 Å². The van der Waals surface area contributed by atoms with Gasteiger partial charge >= 0.3 is 0 Å². The number of nitrogens with zero attached hydrogens (tertiary/aromatic N) is 1. The molecule has 2 aromatic rings. The fourth-order valence-electron chi connectivity index (χ4n) is 3.17. The van der Waals surface area contributed by atoms with E-state index in [4.69, 9.17) is 4.74 Å². The molecule has 0 fully saturated rings. The summed E-state index contributed by atoms with van der Waals surface area (Å²) < 4.78 is 7.84. The Hall–Kier alpha value is -2.23. The number of fused-ring (bicyclic) bond motifs is 1. The van der Waals surface area contributed by atoms with Crippen molar-refractivity contribution < 1.29 is 9.53 Å². The van der Waals surface area contributed by atoms with E-state index >= 15 is 0 Å². The molecule has 23 heavy (non-hydrogen) atoms. The number of carbonyl (C=O) groups is 1. The fourth-order valence-corrected chi connectivity index (χ4v) is 3.17. The normalized spacial score (nSPS) is 16.5. The van der Waals surface area contributed by atoms with Gasteiger partial charge in [-0.25, -0.2) is 0 Å². The summed E-state index contributed by atoms with van der Waals surface area (Å²) in [4.78, 5) is 12.4. The summed E-state index contributed by atoms with van der Waals surface area (Å²) in [7, 11) is 0. The Morgan fingerprint density at radius 2 is 2.09 bits per heavy atom. The molecule has 1 amide bonds. The van der Waals surface area contributed by atoms with E-state index in [-0.39, 0.29) is 17.6 Å². The fraction of sp³-hybridized carbons (Fsp3) is 0.421. The van der Waals surface area contributed by atoms with Gasteiger partial charge in [0.25, 0.3) is 0 Å². The number of amides is 1. The van der Waals surface area contributed by atoms with E-state index in [9.17, 15) is 4.79 Å². The highest BCUT2D eigenvalue weighted by atomic mass is 16.5. The van der Waals surface area contributed by atoms with Gasteiger partial charge in [0.1, 0.15) is 17.4 Å². The first kappa shape index (κ1) is 15.7. The maximum atomic E-state index is 12.4. The molecule has 0 bridgehead atoms. The Kier molecular flexibility index (Phi) is 4.16. The Morgan fingerprint density at radius 1 is 1.35 bits per heavy atom. The third-order valence-corrected chi connectivity index (χ3v) is 4.27. The summed E-state index contributed by atoms with van der Waals surface area (Å²) in [5.74, 6) is 1.02. The van der Waals surface area contributed by atoms with Crippen LogP contribution in [0.4, 0.5) is 0 Å². The average molecular weight is 312 g/mol. The Morgan fingerprint density at radius 3 is 2.78 bits per heavy atom. The van der Waals surface area contributed by atoms with Crippen LogP contribution in [0.1, 0.15) is 44.4 Å². The Balaban J connectivity index is 1.64. The highest BCUT2D eigenvalue weighted by Gasteiger charge is 2.29. The van der Waals surface area contributed by atoms with E-state index in [1.807, 2.05) is 48.1 Å². The molecular formula is C19H24N2O2. The number of nitrogens with one attached hydrogen (secondary N) is 1. The summed E-state index contributed by atoms with van der Waals surface area (Å²) in [6.07, 6.45) is 5.54. The van der Waals surface area contributed by atoms with E-state index in [1.165, 1.54) is 5.56 Å². The second-order valence-corrected chi connectivity index (χ2v) is 6.75. The van der Waals surface area contributed by atoms with Crippen molar-refractivity contribution in [3.8, 4) is 5.75 Å². The summed E-state index contributed by atoms with van der Waals surface area (Å²) in [6, 6.07) is 9.91. The molecule has 1 aliphatic rings. The standard InChI is InChI=1S/C19H24N2O2/c1-4-16(21-9-5-6-10-21)18(22)20-13-14-7-8-17-15(11-14)12-19(2,3)23-17/h5-11,16H,4,12-13H2,1-3H3,(H,20,22). The van der Waals surface area contributed by atoms with Crippen LogP contribution in [0, 0.1) is 0 Å². The van der Waals surface area contributed by atoms with Crippen LogP contribution in [-0.2, 0) is 17.8 Å². The summed E-state index contributed by atoms with van der Waals surface area (Å²) in [5.41, 5.74) is 2.20. The van der Waals surface area contributed by atoms with Crippen LogP contribution >= 0.6 is 0 Å². The smallest absolute Gasteiger partial charge is 0.243 e. The minimum Gasteiger partial charge on any atom is -0.487 e. The van der Waals surface area contributed by atoms with Crippen molar-refractivity contribution in [1.82, 2.24) is 9.88 Å². The maximum absolute atomic E-state index is 12.4.